The quantitative estimate of drug-likeness (QED) is 0.322. The molecule has 0 unspecified atom stereocenters. The number of allylic oxidation sites excluding steroid dienone is 2. The maximum absolute atomic E-state index is 14.0. The minimum Gasteiger partial charge on any atom is -0.298 e. The Morgan fingerprint density at radius 2 is 1.48 bits per heavy atom. The van der Waals surface area contributed by atoms with Crippen LogP contribution in [0.15, 0.2) is 98.3 Å². The maximum Gasteiger partial charge on any atom is 0.205 e. The van der Waals surface area contributed by atoms with Gasteiger partial charge in [-0.2, -0.15) is 0 Å². The molecule has 3 aromatic carbocycles. The minimum atomic E-state index is -0.839. The molecule has 3 aromatic rings. The molecule has 154 valence electrons. The maximum atomic E-state index is 14.0. The fourth-order valence-electron chi connectivity index (χ4n) is 5.14. The molecule has 1 spiro atoms. The fraction of sp³-hybridized carbons (Fsp3) is 0.154. The molecule has 0 bridgehead atoms. The van der Waals surface area contributed by atoms with Gasteiger partial charge >= 0.3 is 0 Å². The average Bonchev–Trinajstić information content (AvgIpc) is 3.07. The largest absolute Gasteiger partial charge is 0.298 e. The van der Waals surface area contributed by atoms with Gasteiger partial charge < -0.3 is 0 Å². The Balaban J connectivity index is 1.82. The highest BCUT2D eigenvalue weighted by atomic mass is 79.9. The van der Waals surface area contributed by atoms with Crippen LogP contribution in [-0.2, 0) is 15.0 Å². The molecule has 31 heavy (non-hydrogen) atoms. The summed E-state index contributed by atoms with van der Waals surface area (Å²) in [5.41, 5.74) is 2.96. The average molecular weight is 554 g/mol. The van der Waals surface area contributed by atoms with E-state index < -0.39 is 5.41 Å². The van der Waals surface area contributed by atoms with E-state index in [2.05, 4.69) is 50.1 Å². The number of aldehydes is 1. The van der Waals surface area contributed by atoms with E-state index >= 15 is 0 Å². The standard InChI is InChI=1S/C26H18Br2O2S/c27-19-10-5-16(6-11-19)21-14-9-18(15-29)24(17-7-12-20(28)13-8-17)26(21)22-3-1-2-4-23(22)31-25(26)30/h1-13,15,21,24H,14H2/t21-,24+,26-/m0/s1. The molecular formula is C26H18Br2O2S. The van der Waals surface area contributed by atoms with Gasteiger partial charge in [-0.3, -0.25) is 9.59 Å². The predicted octanol–water partition coefficient (Wildman–Crippen LogP) is 7.18. The Morgan fingerprint density at radius 1 is 0.871 bits per heavy atom. The first-order valence-electron chi connectivity index (χ1n) is 10.0. The molecular weight excluding hydrogens is 536 g/mol. The van der Waals surface area contributed by atoms with Crippen molar-refractivity contribution >= 4 is 55.0 Å². The van der Waals surface area contributed by atoms with Gasteiger partial charge in [0.15, 0.2) is 0 Å². The number of carbonyl (C=O) groups excluding carboxylic acids is 2. The van der Waals surface area contributed by atoms with Crippen LogP contribution in [0, 0.1) is 0 Å². The van der Waals surface area contributed by atoms with E-state index in [1.807, 2.05) is 60.7 Å². The van der Waals surface area contributed by atoms with Crippen LogP contribution >= 0.6 is 43.6 Å². The molecule has 0 fully saturated rings. The van der Waals surface area contributed by atoms with Crippen molar-refractivity contribution in [1.29, 1.82) is 0 Å². The number of fused-ring (bicyclic) bond motifs is 2. The second-order valence-electron chi connectivity index (χ2n) is 7.90. The summed E-state index contributed by atoms with van der Waals surface area (Å²) in [6.45, 7) is 0. The van der Waals surface area contributed by atoms with Crippen LogP contribution in [0.4, 0.5) is 0 Å². The molecule has 0 radical (unpaired) electrons. The highest BCUT2D eigenvalue weighted by Crippen LogP contribution is 2.63. The summed E-state index contributed by atoms with van der Waals surface area (Å²) >= 11 is 8.35. The molecule has 1 heterocycles. The summed E-state index contributed by atoms with van der Waals surface area (Å²) in [6.07, 6.45) is 3.60. The highest BCUT2D eigenvalue weighted by molar-refractivity contribution is 9.10. The van der Waals surface area contributed by atoms with Gasteiger partial charge in [-0.25, -0.2) is 0 Å². The number of carbonyl (C=O) groups is 2. The zero-order valence-corrected chi connectivity index (χ0v) is 20.4. The zero-order chi connectivity index (χ0) is 21.6. The SMILES string of the molecule is O=CC1=CC[C@@H](c2ccc(Br)cc2)[C@@]2(C(=O)Sc3ccccc32)[C@@H]1c1ccc(Br)cc1. The Labute approximate surface area is 202 Å². The topological polar surface area (TPSA) is 34.1 Å². The molecule has 0 saturated heterocycles. The van der Waals surface area contributed by atoms with E-state index in [0.717, 1.165) is 36.8 Å². The molecule has 5 heteroatoms. The van der Waals surface area contributed by atoms with Crippen LogP contribution in [0.1, 0.15) is 34.9 Å². The minimum absolute atomic E-state index is 0.0680. The molecule has 2 aliphatic rings. The lowest BCUT2D eigenvalue weighted by Gasteiger charge is -2.46. The van der Waals surface area contributed by atoms with E-state index in [9.17, 15) is 9.59 Å². The third-order valence-electron chi connectivity index (χ3n) is 6.41. The first-order chi connectivity index (χ1) is 15.1. The zero-order valence-electron chi connectivity index (χ0n) is 16.4. The lowest BCUT2D eigenvalue weighted by molar-refractivity contribution is -0.117. The van der Waals surface area contributed by atoms with E-state index in [4.69, 9.17) is 0 Å². The number of benzene rings is 3. The highest BCUT2D eigenvalue weighted by Gasteiger charge is 2.60. The fourth-order valence-corrected chi connectivity index (χ4v) is 6.90. The van der Waals surface area contributed by atoms with Crippen LogP contribution in [0.3, 0.4) is 0 Å². The van der Waals surface area contributed by atoms with Crippen molar-refractivity contribution in [2.75, 3.05) is 0 Å². The number of halogens is 2. The van der Waals surface area contributed by atoms with Crippen molar-refractivity contribution in [2.45, 2.75) is 28.6 Å². The van der Waals surface area contributed by atoms with Gasteiger partial charge in [0.25, 0.3) is 0 Å². The molecule has 2 nitrogen and oxygen atoms in total. The van der Waals surface area contributed by atoms with Crippen LogP contribution in [0.2, 0.25) is 0 Å². The van der Waals surface area contributed by atoms with Crippen molar-refractivity contribution in [3.63, 3.8) is 0 Å². The van der Waals surface area contributed by atoms with Crippen molar-refractivity contribution in [1.82, 2.24) is 0 Å². The molecule has 0 amide bonds. The number of thioether (sulfide) groups is 1. The number of hydrogen-bond donors (Lipinski definition) is 0. The third kappa shape index (κ3) is 3.29. The smallest absolute Gasteiger partial charge is 0.205 e. The Hall–Kier alpha value is -1.95. The molecule has 0 saturated carbocycles. The van der Waals surface area contributed by atoms with E-state index in [0.29, 0.717) is 12.0 Å². The van der Waals surface area contributed by atoms with E-state index in [1.54, 1.807) is 0 Å². The Kier molecular flexibility index (Phi) is 5.53. The van der Waals surface area contributed by atoms with Gasteiger partial charge in [-0.15, -0.1) is 0 Å². The molecule has 0 N–H and O–H groups in total. The normalized spacial score (nSPS) is 24.7. The molecule has 1 aliphatic heterocycles. The van der Waals surface area contributed by atoms with Gasteiger partial charge in [0, 0.05) is 25.7 Å². The van der Waals surface area contributed by atoms with Gasteiger partial charge in [0.05, 0.1) is 5.41 Å². The molecule has 1 aliphatic carbocycles. The Morgan fingerprint density at radius 3 is 2.13 bits per heavy atom. The van der Waals surface area contributed by atoms with Gasteiger partial charge in [0.1, 0.15) is 6.29 Å². The van der Waals surface area contributed by atoms with Gasteiger partial charge in [-0.05, 0) is 59.0 Å². The Bertz CT molecular complexity index is 1200. The van der Waals surface area contributed by atoms with Crippen molar-refractivity contribution in [3.8, 4) is 0 Å². The first-order valence-corrected chi connectivity index (χ1v) is 12.4. The summed E-state index contributed by atoms with van der Waals surface area (Å²) in [6, 6.07) is 24.3. The van der Waals surface area contributed by atoms with Crippen molar-refractivity contribution in [3.05, 3.63) is 110 Å². The van der Waals surface area contributed by atoms with E-state index in [-0.39, 0.29) is 17.0 Å². The van der Waals surface area contributed by atoms with Crippen LogP contribution in [0.5, 0.6) is 0 Å². The lowest BCUT2D eigenvalue weighted by atomic mass is 9.54. The lowest BCUT2D eigenvalue weighted by Crippen LogP contribution is -2.46. The first kappa shape index (κ1) is 20.9. The summed E-state index contributed by atoms with van der Waals surface area (Å²) in [5, 5.41) is 0.113. The summed E-state index contributed by atoms with van der Waals surface area (Å²) in [5.74, 6) is -0.411. The predicted molar refractivity (Wildman–Crippen MR) is 132 cm³/mol. The summed E-state index contributed by atoms with van der Waals surface area (Å²) in [4.78, 5) is 27.2. The van der Waals surface area contributed by atoms with Crippen LogP contribution in [-0.4, -0.2) is 11.4 Å². The summed E-state index contributed by atoms with van der Waals surface area (Å²) in [7, 11) is 0. The number of hydrogen-bond acceptors (Lipinski definition) is 3. The van der Waals surface area contributed by atoms with E-state index in [1.165, 1.54) is 11.8 Å². The second kappa shape index (κ2) is 8.19. The molecule has 0 aromatic heterocycles. The summed E-state index contributed by atoms with van der Waals surface area (Å²) < 4.78 is 1.97. The molecule has 5 rings (SSSR count). The second-order valence-corrected chi connectivity index (χ2v) is 10.7. The van der Waals surface area contributed by atoms with Crippen LogP contribution in [0.25, 0.3) is 0 Å². The van der Waals surface area contributed by atoms with Gasteiger partial charge in [0.2, 0.25) is 5.12 Å². The third-order valence-corrected chi connectivity index (χ3v) is 8.57. The van der Waals surface area contributed by atoms with Gasteiger partial charge in [-0.1, -0.05) is 92.2 Å². The van der Waals surface area contributed by atoms with Crippen molar-refractivity contribution < 1.29 is 9.59 Å². The number of rotatable bonds is 3. The monoisotopic (exact) mass is 552 g/mol. The molecule has 3 atom stereocenters. The van der Waals surface area contributed by atoms with Crippen molar-refractivity contribution in [2.24, 2.45) is 0 Å². The van der Waals surface area contributed by atoms with Crippen LogP contribution < -0.4 is 0 Å².